The first-order valence-electron chi connectivity index (χ1n) is 12.7. The van der Waals surface area contributed by atoms with E-state index in [-0.39, 0.29) is 43.6 Å². The molecule has 41 heavy (non-hydrogen) atoms. The maximum atomic E-state index is 13.3. The summed E-state index contributed by atoms with van der Waals surface area (Å²) in [5, 5.41) is 2.05. The van der Waals surface area contributed by atoms with Crippen LogP contribution in [0.25, 0.3) is 0 Å². The molecule has 2 aliphatic rings. The molecule has 3 amide bonds. The molecule has 0 bridgehead atoms. The molecule has 0 saturated carbocycles. The van der Waals surface area contributed by atoms with Crippen molar-refractivity contribution in [1.29, 1.82) is 0 Å². The topological polar surface area (TPSA) is 119 Å². The molecule has 9 nitrogen and oxygen atoms in total. The second-order valence-electron chi connectivity index (χ2n) is 10.3. The van der Waals surface area contributed by atoms with Crippen LogP contribution in [0.3, 0.4) is 0 Å². The summed E-state index contributed by atoms with van der Waals surface area (Å²) in [5.41, 5.74) is 0.629. The van der Waals surface area contributed by atoms with Crippen LogP contribution in [0.15, 0.2) is 0 Å². The van der Waals surface area contributed by atoms with Gasteiger partial charge in [-0.2, -0.15) is 0 Å². The van der Waals surface area contributed by atoms with Gasteiger partial charge in [-0.15, -0.1) is 11.3 Å². The van der Waals surface area contributed by atoms with Crippen LogP contribution in [0.4, 0.5) is 5.00 Å². The standard InChI is InChI=1S/C27H26Cl4N2O7S/c1-10(2)7-13(33-24(35)17-18(25(33)36)20(29)22(31)21(30)19(17)28)26(37)40-9-15(34)32-23-16(27(38)39-4)12-6-5-11(3)8-14(12)41-23/h10-11,13H,5-9H2,1-4H3,(H,32,34). The Morgan fingerprint density at radius 3 is 2.15 bits per heavy atom. The van der Waals surface area contributed by atoms with Gasteiger partial charge < -0.3 is 14.8 Å². The third-order valence-corrected chi connectivity index (χ3v) is 9.88. The summed E-state index contributed by atoms with van der Waals surface area (Å²) >= 11 is 25.9. The molecule has 0 saturated heterocycles. The average molecular weight is 664 g/mol. The van der Waals surface area contributed by atoms with Crippen molar-refractivity contribution >= 4 is 92.4 Å². The van der Waals surface area contributed by atoms with E-state index in [1.807, 2.05) is 0 Å². The fourth-order valence-corrected chi connectivity index (χ4v) is 7.38. The van der Waals surface area contributed by atoms with Crippen LogP contribution in [0.1, 0.15) is 75.1 Å². The third kappa shape index (κ3) is 5.95. The zero-order chi connectivity index (χ0) is 30.3. The summed E-state index contributed by atoms with van der Waals surface area (Å²) in [7, 11) is 1.27. The molecular formula is C27H26Cl4N2O7S. The zero-order valence-corrected chi connectivity index (χ0v) is 26.3. The van der Waals surface area contributed by atoms with Gasteiger partial charge in [0.05, 0.1) is 43.9 Å². The molecule has 4 rings (SSSR count). The Bertz CT molecular complexity index is 1430. The first-order valence-corrected chi connectivity index (χ1v) is 15.0. The van der Waals surface area contributed by atoms with Crippen molar-refractivity contribution in [3.8, 4) is 0 Å². The van der Waals surface area contributed by atoms with Crippen LogP contribution < -0.4 is 5.32 Å². The molecule has 14 heteroatoms. The molecule has 1 aromatic carbocycles. The number of anilines is 1. The molecule has 2 unspecified atom stereocenters. The Labute approximate surface area is 260 Å². The molecule has 2 atom stereocenters. The number of methoxy groups -OCH3 is 1. The Hall–Kier alpha value is -2.37. The highest BCUT2D eigenvalue weighted by atomic mass is 35.5. The minimum atomic E-state index is -1.39. The Morgan fingerprint density at radius 1 is 1.02 bits per heavy atom. The van der Waals surface area contributed by atoms with E-state index in [2.05, 4.69) is 12.2 Å². The number of nitrogens with zero attached hydrogens (tertiary/aromatic N) is 1. The number of carbonyl (C=O) groups is 5. The fourth-order valence-electron chi connectivity index (χ4n) is 4.96. The van der Waals surface area contributed by atoms with E-state index in [9.17, 15) is 24.0 Å². The highest BCUT2D eigenvalue weighted by Crippen LogP contribution is 2.45. The number of amides is 3. The molecule has 0 fully saturated rings. The van der Waals surface area contributed by atoms with Gasteiger partial charge in [-0.05, 0) is 43.1 Å². The molecule has 0 spiro atoms. The van der Waals surface area contributed by atoms with Crippen molar-refractivity contribution in [3.05, 3.63) is 47.2 Å². The number of hydrogen-bond donors (Lipinski definition) is 1. The van der Waals surface area contributed by atoms with E-state index in [0.717, 1.165) is 23.3 Å². The lowest BCUT2D eigenvalue weighted by atomic mass is 9.88. The maximum Gasteiger partial charge on any atom is 0.341 e. The van der Waals surface area contributed by atoms with Gasteiger partial charge in [0.25, 0.3) is 17.7 Å². The number of rotatable bonds is 8. The summed E-state index contributed by atoms with van der Waals surface area (Å²) in [4.78, 5) is 67.0. The Kier molecular flexibility index (Phi) is 9.60. The first-order chi connectivity index (χ1) is 19.3. The number of fused-ring (bicyclic) bond motifs is 2. The van der Waals surface area contributed by atoms with Crippen LogP contribution in [0.5, 0.6) is 0 Å². The molecular weight excluding hydrogens is 638 g/mol. The number of hydrogen-bond acceptors (Lipinski definition) is 8. The molecule has 2 aromatic rings. The van der Waals surface area contributed by atoms with E-state index >= 15 is 0 Å². The number of esters is 2. The Balaban J connectivity index is 1.54. The van der Waals surface area contributed by atoms with E-state index in [1.54, 1.807) is 13.8 Å². The van der Waals surface area contributed by atoms with Gasteiger partial charge in [0.2, 0.25) is 0 Å². The van der Waals surface area contributed by atoms with E-state index in [1.165, 1.54) is 18.4 Å². The normalized spacial score (nSPS) is 16.9. The van der Waals surface area contributed by atoms with Gasteiger partial charge in [0.1, 0.15) is 11.0 Å². The van der Waals surface area contributed by atoms with Crippen LogP contribution in [-0.4, -0.2) is 54.3 Å². The fraction of sp³-hybridized carbons (Fsp3) is 0.444. The zero-order valence-electron chi connectivity index (χ0n) is 22.5. The molecule has 0 radical (unpaired) electrons. The molecule has 1 aromatic heterocycles. The minimum absolute atomic E-state index is 0.0327. The molecule has 220 valence electrons. The summed E-state index contributed by atoms with van der Waals surface area (Å²) in [6.45, 7) is 4.96. The SMILES string of the molecule is COC(=O)c1c(NC(=O)COC(=O)C(CC(C)C)N2C(=O)c3c(Cl)c(Cl)c(Cl)c(Cl)c3C2=O)sc2c1CCC(C)C2. The third-order valence-electron chi connectivity index (χ3n) is 6.91. The molecule has 1 N–H and O–H groups in total. The molecule has 1 aliphatic heterocycles. The van der Waals surface area contributed by atoms with Crippen LogP contribution in [0.2, 0.25) is 20.1 Å². The van der Waals surface area contributed by atoms with Gasteiger partial charge in [-0.3, -0.25) is 19.3 Å². The lowest BCUT2D eigenvalue weighted by Gasteiger charge is -2.25. The van der Waals surface area contributed by atoms with Gasteiger partial charge in [0, 0.05) is 4.88 Å². The second kappa shape index (κ2) is 12.5. The van der Waals surface area contributed by atoms with E-state index in [0.29, 0.717) is 27.8 Å². The first kappa shape index (κ1) is 31.6. The summed E-state index contributed by atoms with van der Waals surface area (Å²) < 4.78 is 10.2. The van der Waals surface area contributed by atoms with Crippen molar-refractivity contribution in [2.45, 2.75) is 52.5 Å². The van der Waals surface area contributed by atoms with E-state index < -0.39 is 42.3 Å². The number of imide groups is 1. The highest BCUT2D eigenvalue weighted by molar-refractivity contribution is 7.17. The summed E-state index contributed by atoms with van der Waals surface area (Å²) in [5.74, 6) is -3.75. The Morgan fingerprint density at radius 2 is 1.61 bits per heavy atom. The van der Waals surface area contributed by atoms with E-state index in [4.69, 9.17) is 55.9 Å². The molecule has 1 aliphatic carbocycles. The van der Waals surface area contributed by atoms with Crippen LogP contribution in [-0.2, 0) is 31.9 Å². The van der Waals surface area contributed by atoms with Crippen LogP contribution >= 0.6 is 57.7 Å². The lowest BCUT2D eigenvalue weighted by Crippen LogP contribution is -2.47. The number of thiophene rings is 1. The van der Waals surface area contributed by atoms with Crippen molar-refractivity contribution in [3.63, 3.8) is 0 Å². The van der Waals surface area contributed by atoms with Gasteiger partial charge in [-0.1, -0.05) is 67.2 Å². The predicted octanol–water partition coefficient (Wildman–Crippen LogP) is 6.47. The number of halogens is 4. The van der Waals surface area contributed by atoms with Gasteiger partial charge in [0.15, 0.2) is 6.61 Å². The van der Waals surface area contributed by atoms with Crippen LogP contribution in [0, 0.1) is 11.8 Å². The molecule has 2 heterocycles. The van der Waals surface area contributed by atoms with Crippen molar-refractivity contribution in [1.82, 2.24) is 4.90 Å². The van der Waals surface area contributed by atoms with Crippen molar-refractivity contribution in [2.75, 3.05) is 19.0 Å². The largest absolute Gasteiger partial charge is 0.465 e. The number of benzene rings is 1. The highest BCUT2D eigenvalue weighted by Gasteiger charge is 2.47. The minimum Gasteiger partial charge on any atom is -0.465 e. The predicted molar refractivity (Wildman–Crippen MR) is 157 cm³/mol. The average Bonchev–Trinajstić information content (AvgIpc) is 3.40. The smallest absolute Gasteiger partial charge is 0.341 e. The summed E-state index contributed by atoms with van der Waals surface area (Å²) in [6.07, 6.45) is 2.40. The van der Waals surface area contributed by atoms with Crippen molar-refractivity contribution in [2.24, 2.45) is 11.8 Å². The second-order valence-corrected chi connectivity index (χ2v) is 13.0. The number of carbonyl (C=O) groups excluding carboxylic acids is 5. The van der Waals surface area contributed by atoms with Crippen molar-refractivity contribution < 1.29 is 33.4 Å². The van der Waals surface area contributed by atoms with Gasteiger partial charge >= 0.3 is 11.9 Å². The summed E-state index contributed by atoms with van der Waals surface area (Å²) in [6, 6.07) is -1.39. The maximum absolute atomic E-state index is 13.3. The lowest BCUT2D eigenvalue weighted by molar-refractivity contribution is -0.151. The van der Waals surface area contributed by atoms with Gasteiger partial charge in [-0.25, -0.2) is 9.59 Å². The number of nitrogens with one attached hydrogen (secondary N) is 1. The quantitative estimate of drug-likeness (QED) is 0.149. The number of ether oxygens (including phenoxy) is 2. The monoisotopic (exact) mass is 662 g/mol.